The van der Waals surface area contributed by atoms with E-state index in [1.54, 1.807) is 6.07 Å². The molecule has 1 amide bonds. The predicted octanol–water partition coefficient (Wildman–Crippen LogP) is 4.22. The summed E-state index contributed by atoms with van der Waals surface area (Å²) in [4.78, 5) is 12.3. The smallest absolute Gasteiger partial charge is 0.258 e. The summed E-state index contributed by atoms with van der Waals surface area (Å²) in [7, 11) is 0. The van der Waals surface area contributed by atoms with Crippen molar-refractivity contribution < 1.29 is 9.53 Å². The first-order valence-electron chi connectivity index (χ1n) is 7.85. The lowest BCUT2D eigenvalue weighted by Gasteiger charge is -2.43. The van der Waals surface area contributed by atoms with Crippen molar-refractivity contribution in [3.05, 3.63) is 64.7 Å². The van der Waals surface area contributed by atoms with E-state index in [9.17, 15) is 4.79 Å². The Kier molecular flexibility index (Phi) is 4.58. The van der Waals surface area contributed by atoms with Crippen LogP contribution in [0.5, 0.6) is 5.75 Å². The van der Waals surface area contributed by atoms with Crippen LogP contribution in [-0.4, -0.2) is 12.5 Å². The summed E-state index contributed by atoms with van der Waals surface area (Å²) in [5.74, 6) is 0.426. The molecule has 3 rings (SSSR count). The summed E-state index contributed by atoms with van der Waals surface area (Å²) < 4.78 is 5.59. The van der Waals surface area contributed by atoms with Gasteiger partial charge in [0.15, 0.2) is 6.61 Å². The van der Waals surface area contributed by atoms with Crippen LogP contribution in [0.4, 0.5) is 0 Å². The monoisotopic (exact) mass is 329 g/mol. The minimum absolute atomic E-state index is 0.0300. The molecule has 2 aromatic rings. The van der Waals surface area contributed by atoms with Crippen LogP contribution in [0, 0.1) is 6.92 Å². The molecule has 0 saturated heterocycles. The zero-order valence-electron chi connectivity index (χ0n) is 13.1. The molecule has 0 bridgehead atoms. The number of ether oxygens (including phenoxy) is 1. The molecule has 3 nitrogen and oxygen atoms in total. The fraction of sp³-hybridized carbons (Fsp3) is 0.316. The molecule has 2 aromatic carbocycles. The van der Waals surface area contributed by atoms with Gasteiger partial charge in [0.2, 0.25) is 0 Å². The maximum absolute atomic E-state index is 12.3. The Morgan fingerprint density at radius 1 is 1.22 bits per heavy atom. The number of carbonyl (C=O) groups excluding carboxylic acids is 1. The van der Waals surface area contributed by atoms with Crippen LogP contribution in [0.2, 0.25) is 5.02 Å². The average Bonchev–Trinajstić information content (AvgIpc) is 2.52. The molecule has 0 aliphatic heterocycles. The van der Waals surface area contributed by atoms with E-state index < -0.39 is 0 Å². The van der Waals surface area contributed by atoms with Gasteiger partial charge in [-0.05, 0) is 49.4 Å². The first kappa shape index (κ1) is 15.9. The van der Waals surface area contributed by atoms with E-state index >= 15 is 0 Å². The number of hydrogen-bond acceptors (Lipinski definition) is 2. The van der Waals surface area contributed by atoms with Crippen LogP contribution in [0.15, 0.2) is 48.5 Å². The number of nitrogens with one attached hydrogen (secondary N) is 1. The molecule has 0 aromatic heterocycles. The Morgan fingerprint density at radius 2 is 1.96 bits per heavy atom. The topological polar surface area (TPSA) is 38.3 Å². The molecule has 23 heavy (non-hydrogen) atoms. The number of aryl methyl sites for hydroxylation is 1. The first-order valence-corrected chi connectivity index (χ1v) is 8.22. The Bertz CT molecular complexity index is 696. The van der Waals surface area contributed by atoms with Gasteiger partial charge in [-0.15, -0.1) is 0 Å². The second kappa shape index (κ2) is 6.63. The van der Waals surface area contributed by atoms with Gasteiger partial charge in [-0.2, -0.15) is 0 Å². The molecular formula is C19H20ClNO2. The predicted molar refractivity (Wildman–Crippen MR) is 91.8 cm³/mol. The van der Waals surface area contributed by atoms with Crippen molar-refractivity contribution in [3.63, 3.8) is 0 Å². The number of carbonyl (C=O) groups is 1. The number of amides is 1. The van der Waals surface area contributed by atoms with Crippen LogP contribution in [0.25, 0.3) is 0 Å². The van der Waals surface area contributed by atoms with Gasteiger partial charge in [0.05, 0.1) is 10.6 Å². The largest absolute Gasteiger partial charge is 0.482 e. The van der Waals surface area contributed by atoms with E-state index in [1.807, 2.05) is 37.3 Å². The Labute approximate surface area is 141 Å². The molecule has 1 saturated carbocycles. The van der Waals surface area contributed by atoms with Crippen molar-refractivity contribution in [2.45, 2.75) is 31.7 Å². The van der Waals surface area contributed by atoms with Crippen LogP contribution < -0.4 is 10.1 Å². The Hall–Kier alpha value is -2.00. The maximum Gasteiger partial charge on any atom is 0.258 e. The molecule has 1 fully saturated rings. The summed E-state index contributed by atoms with van der Waals surface area (Å²) in [6.45, 7) is 1.93. The van der Waals surface area contributed by atoms with Gasteiger partial charge in [0, 0.05) is 0 Å². The van der Waals surface area contributed by atoms with Gasteiger partial charge in [0.25, 0.3) is 5.91 Å². The standard InChI is InChI=1S/C19H20ClNO2/c1-14-8-9-16(20)17(12-14)23-13-18(22)21-19(10-5-11-19)15-6-3-2-4-7-15/h2-4,6-9,12H,5,10-11,13H2,1H3,(H,21,22). The fourth-order valence-electron chi connectivity index (χ4n) is 2.94. The molecule has 1 aliphatic carbocycles. The van der Waals surface area contributed by atoms with Crippen molar-refractivity contribution in [2.75, 3.05) is 6.61 Å². The highest BCUT2D eigenvalue weighted by molar-refractivity contribution is 6.32. The molecular weight excluding hydrogens is 310 g/mol. The normalized spacial score (nSPS) is 15.6. The average molecular weight is 330 g/mol. The lowest BCUT2D eigenvalue weighted by Crippen LogP contribution is -2.52. The number of hydrogen-bond donors (Lipinski definition) is 1. The molecule has 0 atom stereocenters. The third-order valence-corrected chi connectivity index (χ3v) is 4.67. The van der Waals surface area contributed by atoms with Crippen LogP contribution in [0.1, 0.15) is 30.4 Å². The third kappa shape index (κ3) is 3.50. The van der Waals surface area contributed by atoms with Gasteiger partial charge < -0.3 is 10.1 Å². The number of benzene rings is 2. The molecule has 0 spiro atoms. The van der Waals surface area contributed by atoms with Crippen molar-refractivity contribution in [1.29, 1.82) is 0 Å². The van der Waals surface area contributed by atoms with Crippen LogP contribution in [-0.2, 0) is 10.3 Å². The summed E-state index contributed by atoms with van der Waals surface area (Å²) in [6.07, 6.45) is 3.06. The molecule has 1 N–H and O–H groups in total. The molecule has 0 heterocycles. The third-order valence-electron chi connectivity index (χ3n) is 4.36. The van der Waals surface area contributed by atoms with Crippen LogP contribution in [0.3, 0.4) is 0 Å². The van der Waals surface area contributed by atoms with E-state index in [4.69, 9.17) is 16.3 Å². The molecule has 4 heteroatoms. The zero-order chi connectivity index (χ0) is 16.3. The van der Waals surface area contributed by atoms with Gasteiger partial charge in [-0.25, -0.2) is 0 Å². The molecule has 1 aliphatic rings. The number of halogens is 1. The van der Waals surface area contributed by atoms with E-state index in [0.29, 0.717) is 10.8 Å². The quantitative estimate of drug-likeness (QED) is 0.891. The van der Waals surface area contributed by atoms with E-state index in [0.717, 1.165) is 30.4 Å². The summed E-state index contributed by atoms with van der Waals surface area (Å²) in [5, 5.41) is 3.66. The van der Waals surface area contributed by atoms with Crippen molar-refractivity contribution in [2.24, 2.45) is 0 Å². The van der Waals surface area contributed by atoms with E-state index in [2.05, 4.69) is 17.4 Å². The van der Waals surface area contributed by atoms with Crippen LogP contribution >= 0.6 is 11.6 Å². The maximum atomic E-state index is 12.3. The Balaban J connectivity index is 1.64. The lowest BCUT2D eigenvalue weighted by molar-refractivity contribution is -0.126. The second-order valence-corrected chi connectivity index (χ2v) is 6.48. The van der Waals surface area contributed by atoms with Gasteiger partial charge in [-0.3, -0.25) is 4.79 Å². The van der Waals surface area contributed by atoms with Crippen molar-refractivity contribution in [1.82, 2.24) is 5.32 Å². The Morgan fingerprint density at radius 3 is 2.61 bits per heavy atom. The van der Waals surface area contributed by atoms with Crippen molar-refractivity contribution in [3.8, 4) is 5.75 Å². The lowest BCUT2D eigenvalue weighted by atomic mass is 9.72. The fourth-order valence-corrected chi connectivity index (χ4v) is 3.11. The number of rotatable bonds is 5. The SMILES string of the molecule is Cc1ccc(Cl)c(OCC(=O)NC2(c3ccccc3)CCC2)c1. The van der Waals surface area contributed by atoms with Gasteiger partial charge >= 0.3 is 0 Å². The zero-order valence-corrected chi connectivity index (χ0v) is 13.9. The molecule has 0 unspecified atom stereocenters. The second-order valence-electron chi connectivity index (χ2n) is 6.07. The summed E-state index contributed by atoms with van der Waals surface area (Å²) in [5.41, 5.74) is 1.97. The van der Waals surface area contributed by atoms with E-state index in [-0.39, 0.29) is 18.1 Å². The van der Waals surface area contributed by atoms with Gasteiger partial charge in [-0.1, -0.05) is 48.0 Å². The highest BCUT2D eigenvalue weighted by Crippen LogP contribution is 2.41. The minimum Gasteiger partial charge on any atom is -0.482 e. The molecule has 120 valence electrons. The van der Waals surface area contributed by atoms with E-state index in [1.165, 1.54) is 0 Å². The van der Waals surface area contributed by atoms with Crippen molar-refractivity contribution >= 4 is 17.5 Å². The molecule has 0 radical (unpaired) electrons. The minimum atomic E-state index is -0.238. The first-order chi connectivity index (χ1) is 11.1. The van der Waals surface area contributed by atoms with Gasteiger partial charge in [0.1, 0.15) is 5.75 Å². The highest BCUT2D eigenvalue weighted by Gasteiger charge is 2.39. The summed E-state index contributed by atoms with van der Waals surface area (Å²) >= 11 is 6.09. The highest BCUT2D eigenvalue weighted by atomic mass is 35.5. The summed E-state index contributed by atoms with van der Waals surface area (Å²) in [6, 6.07) is 15.7.